The predicted octanol–water partition coefficient (Wildman–Crippen LogP) is 24.1. The van der Waals surface area contributed by atoms with Gasteiger partial charge in [-0.05, 0) is 210 Å². The van der Waals surface area contributed by atoms with Gasteiger partial charge >= 0.3 is 0 Å². The van der Waals surface area contributed by atoms with Crippen molar-refractivity contribution in [3.8, 4) is 44.5 Å². The van der Waals surface area contributed by atoms with E-state index in [1.165, 1.54) is 89.0 Å². The Morgan fingerprint density at radius 2 is 0.660 bits per heavy atom. The van der Waals surface area contributed by atoms with Crippen LogP contribution in [0.1, 0.15) is 68.5 Å². The zero-order valence-corrected chi connectivity index (χ0v) is 52.6. The SMILES string of the molecule is C=Cc1ccc(CC2(c3ccccc3)C3=C(C=CCC3)c3ccc(N(c4ccc(-c5ccccc5)cc4)c4ccc(-c5ccc(N(c6ccc(-c7ccccc7)cc6)c6ccc7c(c6)C(Cc6ccc(C=C)cc6)(c6ccccc6)c6ccccc6-7)cc5)cc4)cc32)cc1. The van der Waals surface area contributed by atoms with Crippen molar-refractivity contribution in [2.24, 2.45) is 0 Å². The highest BCUT2D eigenvalue weighted by Crippen LogP contribution is 2.58. The molecular weight excluding hydrogens is 1130 g/mol. The molecule has 448 valence electrons. The fraction of sp³-hybridized carbons (Fsp3) is 0.0652. The summed E-state index contributed by atoms with van der Waals surface area (Å²) in [5.74, 6) is 0. The zero-order valence-electron chi connectivity index (χ0n) is 52.6. The van der Waals surface area contributed by atoms with Crippen molar-refractivity contribution >= 4 is 51.8 Å². The second kappa shape index (κ2) is 24.6. The van der Waals surface area contributed by atoms with Gasteiger partial charge in [-0.15, -0.1) is 0 Å². The average Bonchev–Trinajstić information content (AvgIpc) is 1.55. The van der Waals surface area contributed by atoms with Gasteiger partial charge in [0.25, 0.3) is 0 Å². The Morgan fingerprint density at radius 1 is 0.309 bits per heavy atom. The molecule has 2 atom stereocenters. The predicted molar refractivity (Wildman–Crippen MR) is 397 cm³/mol. The molecule has 0 spiro atoms. The summed E-state index contributed by atoms with van der Waals surface area (Å²) in [6, 6.07) is 122. The van der Waals surface area contributed by atoms with Crippen molar-refractivity contribution in [1.29, 1.82) is 0 Å². The molecular formula is C92H70N2. The highest BCUT2D eigenvalue weighted by molar-refractivity contribution is 5.93. The van der Waals surface area contributed by atoms with E-state index in [0.29, 0.717) is 0 Å². The van der Waals surface area contributed by atoms with Gasteiger partial charge in [0.15, 0.2) is 0 Å². The van der Waals surface area contributed by atoms with Crippen molar-refractivity contribution in [2.75, 3.05) is 9.80 Å². The van der Waals surface area contributed by atoms with Crippen molar-refractivity contribution < 1.29 is 0 Å². The Hall–Kier alpha value is -11.6. The van der Waals surface area contributed by atoms with E-state index in [0.717, 1.165) is 82.1 Å². The summed E-state index contributed by atoms with van der Waals surface area (Å²) in [4.78, 5) is 4.88. The second-order valence-electron chi connectivity index (χ2n) is 25.2. The van der Waals surface area contributed by atoms with E-state index >= 15 is 0 Å². The third-order valence-electron chi connectivity index (χ3n) is 20.0. The number of rotatable bonds is 17. The van der Waals surface area contributed by atoms with Gasteiger partial charge in [-0.1, -0.05) is 292 Å². The summed E-state index contributed by atoms with van der Waals surface area (Å²) in [6.07, 6.45) is 12.3. The maximum absolute atomic E-state index is 4.07. The van der Waals surface area contributed by atoms with Crippen LogP contribution in [-0.4, -0.2) is 0 Å². The number of fused-ring (bicyclic) bond motifs is 5. The summed E-state index contributed by atoms with van der Waals surface area (Å²) in [7, 11) is 0. The van der Waals surface area contributed by atoms with Crippen molar-refractivity contribution in [3.63, 3.8) is 0 Å². The third kappa shape index (κ3) is 10.3. The van der Waals surface area contributed by atoms with Crippen LogP contribution in [0.4, 0.5) is 34.1 Å². The van der Waals surface area contributed by atoms with E-state index in [-0.39, 0.29) is 5.41 Å². The topological polar surface area (TPSA) is 6.48 Å². The first-order valence-electron chi connectivity index (χ1n) is 32.9. The summed E-state index contributed by atoms with van der Waals surface area (Å²) in [5.41, 5.74) is 30.8. The molecule has 13 aromatic carbocycles. The minimum absolute atomic E-state index is 0.375. The number of hydrogen-bond donors (Lipinski definition) is 0. The molecule has 13 aromatic rings. The molecule has 2 heteroatoms. The molecule has 0 amide bonds. The van der Waals surface area contributed by atoms with E-state index in [1.54, 1.807) is 0 Å². The maximum atomic E-state index is 4.07. The zero-order chi connectivity index (χ0) is 63.0. The highest BCUT2D eigenvalue weighted by Gasteiger charge is 2.47. The van der Waals surface area contributed by atoms with E-state index in [2.05, 4.69) is 363 Å². The first-order valence-corrected chi connectivity index (χ1v) is 32.9. The van der Waals surface area contributed by atoms with Gasteiger partial charge in [-0.25, -0.2) is 0 Å². The number of benzene rings is 13. The maximum Gasteiger partial charge on any atom is 0.0504 e. The van der Waals surface area contributed by atoms with Crippen LogP contribution in [0, 0.1) is 0 Å². The molecule has 0 saturated carbocycles. The smallest absolute Gasteiger partial charge is 0.0504 e. The summed E-state index contributed by atoms with van der Waals surface area (Å²) < 4.78 is 0. The normalized spacial score (nSPS) is 15.7. The van der Waals surface area contributed by atoms with Gasteiger partial charge < -0.3 is 9.80 Å². The fourth-order valence-corrected chi connectivity index (χ4v) is 15.5. The molecule has 3 aliphatic rings. The molecule has 0 aliphatic heterocycles. The van der Waals surface area contributed by atoms with Gasteiger partial charge in [0, 0.05) is 39.5 Å². The Balaban J connectivity index is 0.793. The molecule has 0 N–H and O–H groups in total. The molecule has 0 aromatic heterocycles. The van der Waals surface area contributed by atoms with Gasteiger partial charge in [-0.3, -0.25) is 0 Å². The van der Waals surface area contributed by atoms with Gasteiger partial charge in [0.2, 0.25) is 0 Å². The first kappa shape index (κ1) is 57.6. The molecule has 0 fully saturated rings. The third-order valence-corrected chi connectivity index (χ3v) is 20.0. The quantitative estimate of drug-likeness (QED) is 0.0896. The fourth-order valence-electron chi connectivity index (χ4n) is 15.5. The lowest BCUT2D eigenvalue weighted by molar-refractivity contribution is 0.585. The summed E-state index contributed by atoms with van der Waals surface area (Å²) in [6.45, 7) is 8.14. The molecule has 0 radical (unpaired) electrons. The number of hydrogen-bond acceptors (Lipinski definition) is 2. The molecule has 2 nitrogen and oxygen atoms in total. The van der Waals surface area contributed by atoms with E-state index in [1.807, 2.05) is 12.2 Å². The molecule has 94 heavy (non-hydrogen) atoms. The van der Waals surface area contributed by atoms with Crippen LogP contribution in [0.2, 0.25) is 0 Å². The Bertz CT molecular complexity index is 4970. The molecule has 3 aliphatic carbocycles. The average molecular weight is 1200 g/mol. The molecule has 2 unspecified atom stereocenters. The van der Waals surface area contributed by atoms with Crippen LogP contribution in [-0.2, 0) is 23.7 Å². The van der Waals surface area contributed by atoms with Gasteiger partial charge in [0.05, 0.1) is 5.41 Å². The first-order chi connectivity index (χ1) is 46.4. The van der Waals surface area contributed by atoms with E-state index in [9.17, 15) is 0 Å². The van der Waals surface area contributed by atoms with Crippen molar-refractivity contribution in [1.82, 2.24) is 0 Å². The van der Waals surface area contributed by atoms with Gasteiger partial charge in [0.1, 0.15) is 0 Å². The van der Waals surface area contributed by atoms with Crippen LogP contribution in [0.25, 0.3) is 62.2 Å². The lowest BCUT2D eigenvalue weighted by atomic mass is 9.66. The van der Waals surface area contributed by atoms with Crippen molar-refractivity contribution in [2.45, 2.75) is 36.5 Å². The summed E-state index contributed by atoms with van der Waals surface area (Å²) >= 11 is 0. The van der Waals surface area contributed by atoms with Crippen LogP contribution in [0.5, 0.6) is 0 Å². The molecule has 16 rings (SSSR count). The Morgan fingerprint density at radius 3 is 1.11 bits per heavy atom. The van der Waals surface area contributed by atoms with Gasteiger partial charge in [-0.2, -0.15) is 0 Å². The molecule has 0 bridgehead atoms. The molecule has 0 saturated heterocycles. The van der Waals surface area contributed by atoms with Crippen LogP contribution in [0.15, 0.2) is 358 Å². The van der Waals surface area contributed by atoms with Crippen LogP contribution < -0.4 is 9.80 Å². The standard InChI is InChI=1S/C92H70N2/c1-3-65-33-37-67(38-34-65)63-91(75-25-13-7-14-26-75)87-31-19-17-29-83(87)85-59-57-81(61-89(85)91)93(77-49-41-71(42-50-77)69-21-9-5-10-22-69)79-53-45-73(46-54-79)74-47-55-80(56-48-74)94(78-51-43-72(44-52-78)70-23-11-6-12-24-70)82-58-60-86-84-30-18-20-32-88(84)92(90(86)62-82,76-27-15-8-16-28-76)64-68-39-35-66(4-2)36-40-68/h3-19,21-31,33-62H,1-2,20,32,63-64H2. The number of nitrogens with zero attached hydrogens (tertiary/aromatic N) is 2. The highest BCUT2D eigenvalue weighted by atomic mass is 15.1. The Kier molecular flexibility index (Phi) is 15.0. The lowest BCUT2D eigenvalue weighted by Crippen LogP contribution is -2.31. The van der Waals surface area contributed by atoms with E-state index in [4.69, 9.17) is 0 Å². The second-order valence-corrected chi connectivity index (χ2v) is 25.2. The number of anilines is 6. The lowest BCUT2D eigenvalue weighted by Gasteiger charge is -2.37. The minimum Gasteiger partial charge on any atom is -0.310 e. The van der Waals surface area contributed by atoms with Crippen LogP contribution >= 0.6 is 0 Å². The summed E-state index contributed by atoms with van der Waals surface area (Å²) in [5, 5.41) is 0. The Labute approximate surface area is 553 Å². The van der Waals surface area contributed by atoms with Crippen molar-refractivity contribution in [3.05, 3.63) is 414 Å². The largest absolute Gasteiger partial charge is 0.310 e. The molecule has 0 heterocycles. The van der Waals surface area contributed by atoms with Crippen LogP contribution in [0.3, 0.4) is 0 Å². The minimum atomic E-state index is -0.459. The van der Waals surface area contributed by atoms with E-state index < -0.39 is 5.41 Å². The number of allylic oxidation sites excluding steroid dienone is 4. The monoisotopic (exact) mass is 1200 g/mol.